The minimum Gasteiger partial charge on any atom is -0.462 e. The van der Waals surface area contributed by atoms with Crippen molar-refractivity contribution in [3.63, 3.8) is 0 Å². The molecule has 0 aromatic heterocycles. The smallest absolute Gasteiger partial charge is 0.339 e. The summed E-state index contributed by atoms with van der Waals surface area (Å²) >= 11 is 0. The number of rotatable bonds is 0. The number of ketones is 1. The van der Waals surface area contributed by atoms with E-state index >= 15 is 0 Å². The summed E-state index contributed by atoms with van der Waals surface area (Å²) in [5.74, 6) is 0.0891. The van der Waals surface area contributed by atoms with Gasteiger partial charge in [-0.25, -0.2) is 4.79 Å². The summed E-state index contributed by atoms with van der Waals surface area (Å²) < 4.78 is 18.5. The molecule has 3 heterocycles. The molecule has 3 aliphatic heterocycles. The summed E-state index contributed by atoms with van der Waals surface area (Å²) in [4.78, 5) is 26.3. The maximum Gasteiger partial charge on any atom is 0.339 e. The molecule has 24 heavy (non-hydrogen) atoms. The Bertz CT molecular complexity index is 755. The Labute approximate surface area is 140 Å². The van der Waals surface area contributed by atoms with Gasteiger partial charge in [0.25, 0.3) is 0 Å². The molecule has 7 rings (SSSR count). The van der Waals surface area contributed by atoms with Gasteiger partial charge in [-0.05, 0) is 38.2 Å². The number of carbonyl (C=O) groups is 2. The van der Waals surface area contributed by atoms with Crippen LogP contribution >= 0.6 is 0 Å². The first kappa shape index (κ1) is 14.0. The van der Waals surface area contributed by atoms with Crippen LogP contribution < -0.4 is 0 Å². The van der Waals surface area contributed by atoms with Crippen molar-refractivity contribution in [1.82, 2.24) is 0 Å². The number of epoxide rings is 1. The number of esters is 1. The zero-order valence-electron chi connectivity index (χ0n) is 14.3. The van der Waals surface area contributed by atoms with Gasteiger partial charge < -0.3 is 14.2 Å². The fraction of sp³-hybridized carbons (Fsp3) is 0.789. The van der Waals surface area contributed by atoms with Crippen molar-refractivity contribution in [2.45, 2.75) is 63.4 Å². The first-order valence-corrected chi connectivity index (χ1v) is 9.01. The molecule has 2 spiro atoms. The van der Waals surface area contributed by atoms with E-state index in [2.05, 4.69) is 20.8 Å². The van der Waals surface area contributed by atoms with Crippen LogP contribution in [0.15, 0.2) is 12.2 Å². The molecule has 5 heteroatoms. The molecule has 4 aliphatic carbocycles. The van der Waals surface area contributed by atoms with Crippen LogP contribution in [0.25, 0.3) is 0 Å². The number of allylic oxidation sites excluding steroid dienone is 1. The van der Waals surface area contributed by atoms with E-state index in [0.29, 0.717) is 12.3 Å². The van der Waals surface area contributed by atoms with Gasteiger partial charge in [-0.1, -0.05) is 19.9 Å². The highest BCUT2D eigenvalue weighted by atomic mass is 16.6. The molecular formula is C19H22O5. The van der Waals surface area contributed by atoms with Crippen LogP contribution in [-0.4, -0.2) is 41.8 Å². The second-order valence-electron chi connectivity index (χ2n) is 9.48. The van der Waals surface area contributed by atoms with Crippen LogP contribution in [0.5, 0.6) is 0 Å². The van der Waals surface area contributed by atoms with Crippen molar-refractivity contribution >= 4 is 11.8 Å². The van der Waals surface area contributed by atoms with Crippen LogP contribution in [0.2, 0.25) is 0 Å². The van der Waals surface area contributed by atoms with Gasteiger partial charge in [0.2, 0.25) is 0 Å². The molecule has 0 N–H and O–H groups in total. The third kappa shape index (κ3) is 1.01. The number of fused-ring (bicyclic) bond motifs is 1. The summed E-state index contributed by atoms with van der Waals surface area (Å²) in [7, 11) is 0. The maximum atomic E-state index is 13.3. The lowest BCUT2D eigenvalue weighted by molar-refractivity contribution is -0.219. The largest absolute Gasteiger partial charge is 0.462 e. The van der Waals surface area contributed by atoms with E-state index in [1.54, 1.807) is 6.08 Å². The second-order valence-corrected chi connectivity index (χ2v) is 9.48. The molecule has 3 saturated carbocycles. The van der Waals surface area contributed by atoms with Crippen molar-refractivity contribution in [2.24, 2.45) is 22.2 Å². The van der Waals surface area contributed by atoms with Crippen LogP contribution in [0.3, 0.4) is 0 Å². The lowest BCUT2D eigenvalue weighted by Crippen LogP contribution is -2.74. The molecule has 6 fully saturated rings. The molecule has 7 aliphatic rings. The van der Waals surface area contributed by atoms with E-state index < -0.39 is 16.4 Å². The standard InChI is InChI=1S/C19H22O5/c1-15(2)6-5-11(20)17-9-22-14(21)19(24-12(15)17)8-10-4-7-18(17,19)13-16(10,3)23-13/h5-6,10,12-13H,4,7-9H2,1-3H3/t10-,12+,13?,16?,17-,18-,19+/m1/s1. The molecule has 0 amide bonds. The van der Waals surface area contributed by atoms with E-state index in [0.717, 1.165) is 12.8 Å². The second kappa shape index (κ2) is 3.38. The first-order chi connectivity index (χ1) is 11.2. The van der Waals surface area contributed by atoms with Gasteiger partial charge in [0.05, 0.1) is 23.2 Å². The average Bonchev–Trinajstić information content (AvgIpc) is 3.21. The van der Waals surface area contributed by atoms with E-state index in [9.17, 15) is 9.59 Å². The van der Waals surface area contributed by atoms with Crippen LogP contribution in [0, 0.1) is 22.2 Å². The number of ether oxygens (including phenoxy) is 3. The predicted molar refractivity (Wildman–Crippen MR) is 82.0 cm³/mol. The monoisotopic (exact) mass is 330 g/mol. The Morgan fingerprint density at radius 1 is 1.12 bits per heavy atom. The number of cyclic esters (lactones) is 1. The number of carbonyl (C=O) groups excluding carboxylic acids is 2. The number of hydrogen-bond acceptors (Lipinski definition) is 5. The van der Waals surface area contributed by atoms with E-state index in [4.69, 9.17) is 14.2 Å². The molecule has 7 atom stereocenters. The van der Waals surface area contributed by atoms with Gasteiger partial charge in [-0.3, -0.25) is 4.79 Å². The number of hydrogen-bond donors (Lipinski definition) is 0. The molecular weight excluding hydrogens is 308 g/mol. The van der Waals surface area contributed by atoms with Crippen molar-refractivity contribution in [1.29, 1.82) is 0 Å². The van der Waals surface area contributed by atoms with Gasteiger partial charge in [-0.2, -0.15) is 0 Å². The van der Waals surface area contributed by atoms with E-state index in [1.165, 1.54) is 0 Å². The Morgan fingerprint density at radius 2 is 1.92 bits per heavy atom. The van der Waals surface area contributed by atoms with Crippen molar-refractivity contribution in [2.75, 3.05) is 6.61 Å². The summed E-state index contributed by atoms with van der Waals surface area (Å²) in [6.07, 6.45) is 5.68. The lowest BCUT2D eigenvalue weighted by atomic mass is 9.39. The van der Waals surface area contributed by atoms with Gasteiger partial charge in [0.15, 0.2) is 11.4 Å². The Balaban J connectivity index is 1.70. The fourth-order valence-electron chi connectivity index (χ4n) is 7.24. The maximum absolute atomic E-state index is 13.3. The summed E-state index contributed by atoms with van der Waals surface area (Å²) in [6.45, 7) is 6.46. The Hall–Kier alpha value is -1.20. The molecule has 4 bridgehead atoms. The van der Waals surface area contributed by atoms with Crippen LogP contribution in [-0.2, 0) is 23.8 Å². The van der Waals surface area contributed by atoms with E-state index in [1.807, 2.05) is 6.08 Å². The summed E-state index contributed by atoms with van der Waals surface area (Å²) in [5.41, 5.74) is -2.88. The zero-order valence-corrected chi connectivity index (χ0v) is 14.3. The molecule has 0 aromatic carbocycles. The first-order valence-electron chi connectivity index (χ1n) is 9.01. The predicted octanol–water partition coefficient (Wildman–Crippen LogP) is 1.79. The van der Waals surface area contributed by atoms with Gasteiger partial charge in [0.1, 0.15) is 12.0 Å². The molecule has 3 saturated heterocycles. The zero-order chi connectivity index (χ0) is 16.8. The molecule has 0 aromatic rings. The quantitative estimate of drug-likeness (QED) is 0.500. The highest BCUT2D eigenvalue weighted by molar-refractivity contribution is 6.01. The molecule has 5 nitrogen and oxygen atoms in total. The van der Waals surface area contributed by atoms with Gasteiger partial charge in [0, 0.05) is 5.41 Å². The van der Waals surface area contributed by atoms with E-state index in [-0.39, 0.29) is 41.6 Å². The highest BCUT2D eigenvalue weighted by Crippen LogP contribution is 2.81. The van der Waals surface area contributed by atoms with Gasteiger partial charge >= 0.3 is 5.97 Å². The molecule has 0 radical (unpaired) electrons. The normalized spacial score (nSPS) is 61.0. The third-order valence-electron chi connectivity index (χ3n) is 8.34. The van der Waals surface area contributed by atoms with Crippen molar-refractivity contribution in [3.8, 4) is 0 Å². The topological polar surface area (TPSA) is 65.1 Å². The molecule has 128 valence electrons. The lowest BCUT2D eigenvalue weighted by Gasteiger charge is -2.60. The van der Waals surface area contributed by atoms with Crippen LogP contribution in [0.4, 0.5) is 0 Å². The minimum atomic E-state index is -1.00. The highest BCUT2D eigenvalue weighted by Gasteiger charge is 2.93. The van der Waals surface area contributed by atoms with Gasteiger partial charge in [-0.15, -0.1) is 0 Å². The van der Waals surface area contributed by atoms with Crippen molar-refractivity contribution < 1.29 is 23.8 Å². The minimum absolute atomic E-state index is 0.0550. The Morgan fingerprint density at radius 3 is 2.71 bits per heavy atom. The summed E-state index contributed by atoms with van der Waals surface area (Å²) in [5, 5.41) is 0. The summed E-state index contributed by atoms with van der Waals surface area (Å²) in [6, 6.07) is 0. The SMILES string of the molecule is CC1(C)C=CC(=O)[C@@]23COC(=O)[C@]4(C[C@H]5CC[C@]42C2OC25C)O[C@@H]13. The van der Waals surface area contributed by atoms with Crippen molar-refractivity contribution in [3.05, 3.63) is 12.2 Å². The van der Waals surface area contributed by atoms with Crippen LogP contribution in [0.1, 0.15) is 40.0 Å². The third-order valence-corrected chi connectivity index (χ3v) is 8.34. The molecule has 2 unspecified atom stereocenters. The Kier molecular flexibility index (Phi) is 1.98. The fourth-order valence-corrected chi connectivity index (χ4v) is 7.24. The average molecular weight is 330 g/mol.